The van der Waals surface area contributed by atoms with E-state index in [-0.39, 0.29) is 24.0 Å². The summed E-state index contributed by atoms with van der Waals surface area (Å²) < 4.78 is 28.4. The third-order valence-electron chi connectivity index (χ3n) is 4.16. The molecule has 10 heteroatoms. The van der Waals surface area contributed by atoms with Crippen molar-refractivity contribution in [3.8, 4) is 5.75 Å². The monoisotopic (exact) mass is 426 g/mol. The van der Waals surface area contributed by atoms with E-state index in [0.29, 0.717) is 21.4 Å². The molecule has 2 heterocycles. The van der Waals surface area contributed by atoms with Gasteiger partial charge in [-0.3, -0.25) is 14.5 Å². The molecule has 2 fully saturated rings. The molecule has 0 aliphatic carbocycles. The van der Waals surface area contributed by atoms with Crippen molar-refractivity contribution in [2.75, 3.05) is 25.2 Å². The number of hydrogen-bond acceptors (Lipinski definition) is 7. The molecule has 1 N–H and O–H groups in total. The lowest BCUT2D eigenvalue weighted by molar-refractivity contribution is -0.129. The lowest BCUT2D eigenvalue weighted by Crippen LogP contribution is -2.43. The van der Waals surface area contributed by atoms with E-state index in [2.05, 4.69) is 5.32 Å². The Hall–Kier alpha value is -1.91. The quantitative estimate of drug-likeness (QED) is 0.559. The van der Waals surface area contributed by atoms with Gasteiger partial charge in [0.15, 0.2) is 9.84 Å². The summed E-state index contributed by atoms with van der Waals surface area (Å²) in [4.78, 5) is 26.4. The number of amides is 2. The van der Waals surface area contributed by atoms with E-state index < -0.39 is 21.8 Å². The molecule has 1 aromatic rings. The Labute approximate surface area is 167 Å². The minimum atomic E-state index is -3.08. The molecular formula is C17H18N2O5S3. The van der Waals surface area contributed by atoms with E-state index in [1.807, 2.05) is 12.1 Å². The van der Waals surface area contributed by atoms with Crippen LogP contribution in [0.5, 0.6) is 5.75 Å². The number of hydrogen-bond donors (Lipinski definition) is 1. The van der Waals surface area contributed by atoms with Gasteiger partial charge in [-0.15, -0.1) is 0 Å². The third kappa shape index (κ3) is 4.88. The zero-order valence-corrected chi connectivity index (χ0v) is 17.0. The molecule has 0 radical (unpaired) electrons. The predicted octanol–water partition coefficient (Wildman–Crippen LogP) is 1.20. The number of rotatable bonds is 5. The molecule has 3 rings (SSSR count). The molecule has 2 aliphatic rings. The summed E-state index contributed by atoms with van der Waals surface area (Å²) in [7, 11) is -1.52. The molecule has 7 nitrogen and oxygen atoms in total. The summed E-state index contributed by atoms with van der Waals surface area (Å²) in [6.45, 7) is -0.226. The first kappa shape index (κ1) is 19.8. The number of nitrogens with one attached hydrogen (secondary N) is 1. The van der Waals surface area contributed by atoms with E-state index >= 15 is 0 Å². The van der Waals surface area contributed by atoms with Gasteiger partial charge in [-0.05, 0) is 30.2 Å². The molecular weight excluding hydrogens is 408 g/mol. The van der Waals surface area contributed by atoms with Crippen molar-refractivity contribution in [3.05, 3.63) is 34.7 Å². The molecule has 2 amide bonds. The van der Waals surface area contributed by atoms with E-state index in [4.69, 9.17) is 17.0 Å². The zero-order valence-electron chi connectivity index (χ0n) is 14.5. The molecule has 144 valence electrons. The highest BCUT2D eigenvalue weighted by molar-refractivity contribution is 8.26. The van der Waals surface area contributed by atoms with Gasteiger partial charge in [0, 0.05) is 6.04 Å². The van der Waals surface area contributed by atoms with Crippen LogP contribution in [0.3, 0.4) is 0 Å². The lowest BCUT2D eigenvalue weighted by Gasteiger charge is -2.16. The number of thioether (sulfide) groups is 1. The molecule has 27 heavy (non-hydrogen) atoms. The average Bonchev–Trinajstić information content (AvgIpc) is 3.08. The normalized spacial score (nSPS) is 23.1. The maximum absolute atomic E-state index is 12.6. The van der Waals surface area contributed by atoms with Gasteiger partial charge in [-0.1, -0.05) is 36.1 Å². The van der Waals surface area contributed by atoms with Crippen LogP contribution in [0.2, 0.25) is 0 Å². The molecule has 2 saturated heterocycles. The van der Waals surface area contributed by atoms with Crippen LogP contribution in [-0.4, -0.2) is 60.7 Å². The first-order valence-electron chi connectivity index (χ1n) is 8.16. The number of ether oxygens (including phenoxy) is 1. The van der Waals surface area contributed by atoms with Gasteiger partial charge < -0.3 is 10.1 Å². The standard InChI is InChI=1S/C17H18N2O5S3/c1-24-13-4-2-3-11(7-13)8-14-16(21)19(17(25)26-14)9-15(20)18-12-5-6-27(22,23)10-12/h2-4,7-8,12H,5-6,9-10H2,1H3,(H,18,20)/b14-8+/t12-/m1/s1. The number of carbonyl (C=O) groups excluding carboxylic acids is 2. The van der Waals surface area contributed by atoms with Gasteiger partial charge in [0.1, 0.15) is 16.6 Å². The summed E-state index contributed by atoms with van der Waals surface area (Å²) >= 11 is 6.35. The summed E-state index contributed by atoms with van der Waals surface area (Å²) in [5.41, 5.74) is 0.787. The van der Waals surface area contributed by atoms with Crippen LogP contribution in [0.25, 0.3) is 6.08 Å². The predicted molar refractivity (Wildman–Crippen MR) is 108 cm³/mol. The Morgan fingerprint density at radius 2 is 2.26 bits per heavy atom. The number of nitrogens with zero attached hydrogens (tertiary/aromatic N) is 1. The number of methoxy groups -OCH3 is 1. The average molecular weight is 427 g/mol. The van der Waals surface area contributed by atoms with Gasteiger partial charge in [0.05, 0.1) is 23.5 Å². The van der Waals surface area contributed by atoms with Crippen LogP contribution in [0.4, 0.5) is 0 Å². The third-order valence-corrected chi connectivity index (χ3v) is 7.31. The number of carbonyl (C=O) groups is 2. The van der Waals surface area contributed by atoms with Crippen molar-refractivity contribution in [2.45, 2.75) is 12.5 Å². The summed E-state index contributed by atoms with van der Waals surface area (Å²) in [5.74, 6) is -0.0852. The minimum Gasteiger partial charge on any atom is -0.497 e. The van der Waals surface area contributed by atoms with Gasteiger partial charge in [-0.2, -0.15) is 0 Å². The van der Waals surface area contributed by atoms with Crippen molar-refractivity contribution < 1.29 is 22.7 Å². The highest BCUT2D eigenvalue weighted by atomic mass is 32.2. The van der Waals surface area contributed by atoms with Gasteiger partial charge in [0.2, 0.25) is 5.91 Å². The molecule has 0 saturated carbocycles. The second-order valence-electron chi connectivity index (χ2n) is 6.21. The Morgan fingerprint density at radius 1 is 1.48 bits per heavy atom. The van der Waals surface area contributed by atoms with Gasteiger partial charge >= 0.3 is 0 Å². The van der Waals surface area contributed by atoms with Gasteiger partial charge in [-0.25, -0.2) is 8.42 Å². The Bertz CT molecular complexity index is 926. The number of benzene rings is 1. The largest absolute Gasteiger partial charge is 0.497 e. The van der Waals surface area contributed by atoms with Crippen LogP contribution >= 0.6 is 24.0 Å². The fourth-order valence-electron chi connectivity index (χ4n) is 2.84. The van der Waals surface area contributed by atoms with Crippen molar-refractivity contribution in [3.63, 3.8) is 0 Å². The van der Waals surface area contributed by atoms with Crippen LogP contribution in [0.15, 0.2) is 29.2 Å². The molecule has 0 bridgehead atoms. The summed E-state index contributed by atoms with van der Waals surface area (Å²) in [6.07, 6.45) is 2.09. The first-order chi connectivity index (χ1) is 12.8. The van der Waals surface area contributed by atoms with Crippen LogP contribution in [0.1, 0.15) is 12.0 Å². The number of thiocarbonyl (C=S) groups is 1. The molecule has 2 aliphatic heterocycles. The van der Waals surface area contributed by atoms with E-state index in [1.165, 1.54) is 4.90 Å². The van der Waals surface area contributed by atoms with Crippen LogP contribution < -0.4 is 10.1 Å². The highest BCUT2D eigenvalue weighted by Gasteiger charge is 2.35. The SMILES string of the molecule is COc1cccc(/C=C2/SC(=S)N(CC(=O)N[C@@H]3CCS(=O)(=O)C3)C2=O)c1. The van der Waals surface area contributed by atoms with Crippen LogP contribution in [0, 0.1) is 0 Å². The van der Waals surface area contributed by atoms with E-state index in [9.17, 15) is 18.0 Å². The maximum atomic E-state index is 12.6. The lowest BCUT2D eigenvalue weighted by atomic mass is 10.2. The molecule has 0 unspecified atom stereocenters. The van der Waals surface area contributed by atoms with Crippen LogP contribution in [-0.2, 0) is 19.4 Å². The topological polar surface area (TPSA) is 92.8 Å². The maximum Gasteiger partial charge on any atom is 0.266 e. The van der Waals surface area contributed by atoms with Crippen molar-refractivity contribution in [1.29, 1.82) is 0 Å². The fourth-order valence-corrected chi connectivity index (χ4v) is 5.77. The zero-order chi connectivity index (χ0) is 19.6. The Morgan fingerprint density at radius 3 is 2.93 bits per heavy atom. The van der Waals surface area contributed by atoms with Crippen molar-refractivity contribution >= 4 is 56.0 Å². The first-order valence-corrected chi connectivity index (χ1v) is 11.2. The molecule has 0 spiro atoms. The minimum absolute atomic E-state index is 0.0626. The van der Waals surface area contributed by atoms with E-state index in [0.717, 1.165) is 17.3 Å². The Kier molecular flexibility index (Phi) is 5.87. The van der Waals surface area contributed by atoms with Crippen molar-refractivity contribution in [1.82, 2.24) is 10.2 Å². The molecule has 1 aromatic carbocycles. The van der Waals surface area contributed by atoms with E-state index in [1.54, 1.807) is 25.3 Å². The smallest absolute Gasteiger partial charge is 0.266 e. The van der Waals surface area contributed by atoms with Gasteiger partial charge in [0.25, 0.3) is 5.91 Å². The molecule has 0 aromatic heterocycles. The molecule has 1 atom stereocenters. The second kappa shape index (κ2) is 7.99. The second-order valence-corrected chi connectivity index (χ2v) is 10.1. The van der Waals surface area contributed by atoms with Crippen molar-refractivity contribution in [2.24, 2.45) is 0 Å². The number of sulfone groups is 1. The fraction of sp³-hybridized carbons (Fsp3) is 0.353. The summed E-state index contributed by atoms with van der Waals surface area (Å²) in [5, 5.41) is 2.67. The highest BCUT2D eigenvalue weighted by Crippen LogP contribution is 2.32. The summed E-state index contributed by atoms with van der Waals surface area (Å²) in [6, 6.07) is 6.83. The Balaban J connectivity index is 1.65.